The monoisotopic (exact) mass is 387 g/mol. The molecule has 5 nitrogen and oxygen atoms in total. The van der Waals surface area contributed by atoms with Gasteiger partial charge in [-0.05, 0) is 36.4 Å². The van der Waals surface area contributed by atoms with Crippen LogP contribution in [0.5, 0.6) is 5.75 Å². The molecule has 1 aromatic heterocycles. The topological polar surface area (TPSA) is 63.2 Å². The summed E-state index contributed by atoms with van der Waals surface area (Å²) in [6, 6.07) is 15.6. The van der Waals surface area contributed by atoms with Crippen LogP contribution in [0.3, 0.4) is 0 Å². The smallest absolute Gasteiger partial charge is 0.255 e. The number of benzene rings is 2. The van der Waals surface area contributed by atoms with Crippen molar-refractivity contribution in [2.24, 2.45) is 0 Å². The number of methoxy groups -OCH3 is 1. The summed E-state index contributed by atoms with van der Waals surface area (Å²) in [7, 11) is 1.57. The minimum atomic E-state index is -0.263. The Hall–Kier alpha value is -2.76. The first-order chi connectivity index (χ1) is 12.6. The molecule has 1 amide bonds. The number of carbonyl (C=O) groups is 1. The van der Waals surface area contributed by atoms with Crippen molar-refractivity contribution in [3.63, 3.8) is 0 Å². The molecule has 2 aromatic carbocycles. The maximum absolute atomic E-state index is 12.5. The molecule has 3 rings (SSSR count). The third-order valence-corrected chi connectivity index (χ3v) is 4.38. The standard InChI is InChI=1S/C19H15Cl2N3O2/c1-26-14-5-2-4-13(11-14)23-19(25)12-8-9-22-17(10-12)24-16-7-3-6-15(20)18(16)21/h2-11H,1H3,(H,22,24)(H,23,25). The number of halogens is 2. The summed E-state index contributed by atoms with van der Waals surface area (Å²) in [6.45, 7) is 0. The van der Waals surface area contributed by atoms with Gasteiger partial charge in [0.25, 0.3) is 5.91 Å². The number of ether oxygens (including phenoxy) is 1. The molecule has 0 radical (unpaired) electrons. The van der Waals surface area contributed by atoms with E-state index in [9.17, 15) is 4.79 Å². The highest BCUT2D eigenvalue weighted by Crippen LogP contribution is 2.31. The average molecular weight is 388 g/mol. The van der Waals surface area contributed by atoms with Gasteiger partial charge < -0.3 is 15.4 Å². The normalized spacial score (nSPS) is 10.3. The van der Waals surface area contributed by atoms with Crippen LogP contribution in [0.25, 0.3) is 0 Å². The Labute approximate surface area is 160 Å². The molecule has 2 N–H and O–H groups in total. The first-order valence-electron chi connectivity index (χ1n) is 7.69. The fourth-order valence-corrected chi connectivity index (χ4v) is 2.63. The number of carbonyl (C=O) groups excluding carboxylic acids is 1. The van der Waals surface area contributed by atoms with E-state index >= 15 is 0 Å². The van der Waals surface area contributed by atoms with Crippen LogP contribution >= 0.6 is 23.2 Å². The van der Waals surface area contributed by atoms with Crippen LogP contribution in [-0.4, -0.2) is 18.0 Å². The summed E-state index contributed by atoms with van der Waals surface area (Å²) in [5.41, 5.74) is 1.69. The highest BCUT2D eigenvalue weighted by atomic mass is 35.5. The van der Waals surface area contributed by atoms with E-state index in [4.69, 9.17) is 27.9 Å². The Morgan fingerprint density at radius 1 is 1.08 bits per heavy atom. The van der Waals surface area contributed by atoms with Crippen LogP contribution in [0.15, 0.2) is 60.8 Å². The molecular weight excluding hydrogens is 373 g/mol. The van der Waals surface area contributed by atoms with Gasteiger partial charge in [-0.25, -0.2) is 4.98 Å². The second-order valence-corrected chi connectivity index (χ2v) is 6.13. The van der Waals surface area contributed by atoms with Crippen molar-refractivity contribution in [1.82, 2.24) is 4.98 Å². The van der Waals surface area contributed by atoms with E-state index < -0.39 is 0 Å². The Balaban J connectivity index is 1.78. The van der Waals surface area contributed by atoms with Crippen molar-refractivity contribution in [3.05, 3.63) is 76.4 Å². The van der Waals surface area contributed by atoms with Crippen molar-refractivity contribution in [2.45, 2.75) is 0 Å². The Bertz CT molecular complexity index is 948. The van der Waals surface area contributed by atoms with Gasteiger partial charge >= 0.3 is 0 Å². The summed E-state index contributed by atoms with van der Waals surface area (Å²) in [6.07, 6.45) is 1.54. The predicted molar refractivity (Wildman–Crippen MR) is 105 cm³/mol. The summed E-state index contributed by atoms with van der Waals surface area (Å²) >= 11 is 12.2. The quantitative estimate of drug-likeness (QED) is 0.615. The highest BCUT2D eigenvalue weighted by molar-refractivity contribution is 6.43. The zero-order valence-corrected chi connectivity index (χ0v) is 15.3. The van der Waals surface area contributed by atoms with Crippen LogP contribution in [0, 0.1) is 0 Å². The number of nitrogens with zero attached hydrogens (tertiary/aromatic N) is 1. The zero-order valence-electron chi connectivity index (χ0n) is 13.8. The molecule has 3 aromatic rings. The lowest BCUT2D eigenvalue weighted by Crippen LogP contribution is -2.12. The average Bonchev–Trinajstić information content (AvgIpc) is 2.66. The van der Waals surface area contributed by atoms with Gasteiger partial charge in [-0.1, -0.05) is 35.3 Å². The molecular formula is C19H15Cl2N3O2. The molecule has 132 valence electrons. The number of hydrogen-bond acceptors (Lipinski definition) is 4. The number of hydrogen-bond donors (Lipinski definition) is 2. The summed E-state index contributed by atoms with van der Waals surface area (Å²) < 4.78 is 5.15. The van der Waals surface area contributed by atoms with Gasteiger partial charge in [0.1, 0.15) is 11.6 Å². The number of amides is 1. The van der Waals surface area contributed by atoms with E-state index in [1.807, 2.05) is 0 Å². The molecule has 0 aliphatic heterocycles. The SMILES string of the molecule is COc1cccc(NC(=O)c2ccnc(Nc3cccc(Cl)c3Cl)c2)c1. The molecule has 7 heteroatoms. The third kappa shape index (κ3) is 4.25. The van der Waals surface area contributed by atoms with Crippen LogP contribution in [0.2, 0.25) is 10.0 Å². The molecule has 0 spiro atoms. The molecule has 0 bridgehead atoms. The summed E-state index contributed by atoms with van der Waals surface area (Å²) in [4.78, 5) is 16.7. The van der Waals surface area contributed by atoms with Crippen molar-refractivity contribution in [3.8, 4) is 5.75 Å². The second kappa shape index (κ2) is 8.08. The summed E-state index contributed by atoms with van der Waals surface area (Å²) in [5, 5.41) is 6.71. The van der Waals surface area contributed by atoms with E-state index in [2.05, 4.69) is 15.6 Å². The molecule has 1 heterocycles. The van der Waals surface area contributed by atoms with Gasteiger partial charge in [-0.2, -0.15) is 0 Å². The Morgan fingerprint density at radius 2 is 1.88 bits per heavy atom. The predicted octanol–water partition coefficient (Wildman–Crippen LogP) is 5.39. The van der Waals surface area contributed by atoms with E-state index in [0.717, 1.165) is 0 Å². The number of nitrogens with one attached hydrogen (secondary N) is 2. The minimum absolute atomic E-state index is 0.263. The molecule has 0 atom stereocenters. The molecule has 0 unspecified atom stereocenters. The zero-order chi connectivity index (χ0) is 18.5. The van der Waals surface area contributed by atoms with E-state index in [1.165, 1.54) is 0 Å². The maximum atomic E-state index is 12.5. The number of rotatable bonds is 5. The first-order valence-corrected chi connectivity index (χ1v) is 8.45. The lowest BCUT2D eigenvalue weighted by molar-refractivity contribution is 0.102. The molecule has 0 saturated carbocycles. The van der Waals surface area contributed by atoms with Gasteiger partial charge in [-0.3, -0.25) is 4.79 Å². The molecule has 0 fully saturated rings. The van der Waals surface area contributed by atoms with Gasteiger partial charge in [0.2, 0.25) is 0 Å². The van der Waals surface area contributed by atoms with Crippen LogP contribution in [-0.2, 0) is 0 Å². The number of anilines is 3. The molecule has 0 aliphatic rings. The molecule has 0 saturated heterocycles. The fraction of sp³-hybridized carbons (Fsp3) is 0.0526. The lowest BCUT2D eigenvalue weighted by Gasteiger charge is -2.10. The van der Waals surface area contributed by atoms with Crippen molar-refractivity contribution in [2.75, 3.05) is 17.7 Å². The van der Waals surface area contributed by atoms with Gasteiger partial charge in [-0.15, -0.1) is 0 Å². The van der Waals surface area contributed by atoms with Crippen LogP contribution < -0.4 is 15.4 Å². The van der Waals surface area contributed by atoms with E-state index in [1.54, 1.807) is 67.9 Å². The van der Waals surface area contributed by atoms with Crippen LogP contribution in [0.1, 0.15) is 10.4 Å². The largest absolute Gasteiger partial charge is 0.497 e. The lowest BCUT2D eigenvalue weighted by atomic mass is 10.2. The third-order valence-electron chi connectivity index (χ3n) is 3.56. The van der Waals surface area contributed by atoms with Gasteiger partial charge in [0, 0.05) is 23.5 Å². The highest BCUT2D eigenvalue weighted by Gasteiger charge is 2.10. The van der Waals surface area contributed by atoms with Crippen molar-refractivity contribution >= 4 is 46.3 Å². The van der Waals surface area contributed by atoms with Gasteiger partial charge in [0.15, 0.2) is 0 Å². The van der Waals surface area contributed by atoms with E-state index in [-0.39, 0.29) is 5.91 Å². The summed E-state index contributed by atoms with van der Waals surface area (Å²) in [5.74, 6) is 0.879. The Kier molecular flexibility index (Phi) is 5.61. The first kappa shape index (κ1) is 18.0. The number of aromatic nitrogens is 1. The van der Waals surface area contributed by atoms with Gasteiger partial charge in [0.05, 0.1) is 22.8 Å². The molecule has 26 heavy (non-hydrogen) atoms. The van der Waals surface area contributed by atoms with Crippen molar-refractivity contribution in [1.29, 1.82) is 0 Å². The van der Waals surface area contributed by atoms with Crippen LogP contribution in [0.4, 0.5) is 17.2 Å². The van der Waals surface area contributed by atoms with E-state index in [0.29, 0.717) is 38.6 Å². The minimum Gasteiger partial charge on any atom is -0.497 e. The molecule has 0 aliphatic carbocycles. The number of pyridine rings is 1. The second-order valence-electron chi connectivity index (χ2n) is 5.34. The Morgan fingerprint density at radius 3 is 2.69 bits per heavy atom. The fourth-order valence-electron chi connectivity index (χ4n) is 2.28. The maximum Gasteiger partial charge on any atom is 0.255 e. The van der Waals surface area contributed by atoms with Crippen molar-refractivity contribution < 1.29 is 9.53 Å².